The van der Waals surface area contributed by atoms with E-state index in [0.717, 1.165) is 6.20 Å². The van der Waals surface area contributed by atoms with Crippen LogP contribution in [0.3, 0.4) is 0 Å². The Balaban J connectivity index is 3.34. The van der Waals surface area contributed by atoms with E-state index in [1.54, 1.807) is 0 Å². The molecule has 1 aromatic rings. The van der Waals surface area contributed by atoms with E-state index >= 15 is 0 Å². The molecule has 0 aliphatic rings. The second kappa shape index (κ2) is 1.85. The largest absolute Gasteiger partial charge is 0.383 e. The maximum Gasteiger partial charge on any atom is 0.346 e. The number of rotatable bonds is 0. The fourth-order valence-corrected chi connectivity index (χ4v) is 0.392. The highest BCUT2D eigenvalue weighted by molar-refractivity contribution is 5.25. The van der Waals surface area contributed by atoms with Gasteiger partial charge < -0.3 is 5.73 Å². The van der Waals surface area contributed by atoms with Crippen LogP contribution in [0.1, 0.15) is 0 Å². The van der Waals surface area contributed by atoms with E-state index in [9.17, 15) is 9.18 Å². The van der Waals surface area contributed by atoms with Crippen LogP contribution in [0.25, 0.3) is 0 Å². The molecule has 0 saturated carbocycles. The Bertz CT molecular complexity index is 269. The molecular weight excluding hydrogens is 124 g/mol. The molecule has 0 unspecified atom stereocenters. The van der Waals surface area contributed by atoms with Crippen LogP contribution in [0.5, 0.6) is 0 Å². The molecule has 0 amide bonds. The van der Waals surface area contributed by atoms with Gasteiger partial charge >= 0.3 is 5.69 Å². The molecule has 0 fully saturated rings. The topological polar surface area (TPSA) is 71.8 Å². The summed E-state index contributed by atoms with van der Waals surface area (Å²) >= 11 is 0. The molecule has 4 nitrogen and oxygen atoms in total. The minimum Gasteiger partial charge on any atom is -0.383 e. The average Bonchev–Trinajstić information content (AvgIpc) is 1.80. The third-order valence-corrected chi connectivity index (χ3v) is 0.794. The highest BCUT2D eigenvalue weighted by Crippen LogP contribution is 1.96. The molecule has 0 aliphatic carbocycles. The fraction of sp³-hybridized carbons (Fsp3) is 0. The summed E-state index contributed by atoms with van der Waals surface area (Å²) in [5, 5.41) is 0. The number of hydrogen-bond donors (Lipinski definition) is 2. The first-order valence-corrected chi connectivity index (χ1v) is 2.20. The van der Waals surface area contributed by atoms with Gasteiger partial charge in [-0.25, -0.2) is 9.18 Å². The van der Waals surface area contributed by atoms with Crippen LogP contribution in [0.15, 0.2) is 11.0 Å². The van der Waals surface area contributed by atoms with Gasteiger partial charge in [0.1, 0.15) is 5.82 Å². The van der Waals surface area contributed by atoms with Gasteiger partial charge in [-0.2, -0.15) is 4.98 Å². The van der Waals surface area contributed by atoms with Crippen molar-refractivity contribution in [1.82, 2.24) is 9.97 Å². The Hall–Kier alpha value is -1.39. The molecular formula is C4H4FN3O. The molecule has 0 aliphatic heterocycles. The van der Waals surface area contributed by atoms with Gasteiger partial charge in [-0.05, 0) is 0 Å². The molecule has 5 heteroatoms. The van der Waals surface area contributed by atoms with Gasteiger partial charge in [0.25, 0.3) is 0 Å². The minimum atomic E-state index is -0.713. The molecule has 0 saturated heterocycles. The lowest BCUT2D eigenvalue weighted by Gasteiger charge is -1.89. The second-order valence-corrected chi connectivity index (χ2v) is 1.45. The fourth-order valence-electron chi connectivity index (χ4n) is 0.392. The van der Waals surface area contributed by atoms with E-state index in [1.165, 1.54) is 0 Å². The number of aromatic amines is 1. The third kappa shape index (κ3) is 1.04. The second-order valence-electron chi connectivity index (χ2n) is 1.45. The zero-order valence-corrected chi connectivity index (χ0v) is 4.39. The van der Waals surface area contributed by atoms with Crippen molar-refractivity contribution in [2.75, 3.05) is 5.73 Å². The standard InChI is InChI=1S/C4H4FN3O/c5-2-1-7-4(9)8-3(2)6/h1H,(H3,6,7,8,9)/i5-1. The Morgan fingerprint density at radius 1 is 1.78 bits per heavy atom. The molecule has 9 heavy (non-hydrogen) atoms. The van der Waals surface area contributed by atoms with Crippen molar-refractivity contribution >= 4 is 5.82 Å². The summed E-state index contributed by atoms with van der Waals surface area (Å²) in [6.07, 6.45) is 0.772. The van der Waals surface area contributed by atoms with Gasteiger partial charge in [-0.3, -0.25) is 4.98 Å². The molecule has 0 aromatic carbocycles. The first-order chi connectivity index (χ1) is 4.20. The molecule has 0 radical (unpaired) electrons. The van der Waals surface area contributed by atoms with Crippen molar-refractivity contribution < 1.29 is 4.39 Å². The smallest absolute Gasteiger partial charge is 0.346 e. The monoisotopic (exact) mass is 128 g/mol. The van der Waals surface area contributed by atoms with Crippen LogP contribution in [-0.4, -0.2) is 9.97 Å². The summed E-state index contributed by atoms with van der Waals surface area (Å²) in [6, 6.07) is 0. The molecule has 0 spiro atoms. The normalized spacial score (nSPS) is 9.44. The summed E-state index contributed by atoms with van der Waals surface area (Å²) in [5.41, 5.74) is 4.31. The summed E-state index contributed by atoms with van der Waals surface area (Å²) < 4.78 is 12.1. The number of aromatic nitrogens is 2. The number of nitrogens with zero attached hydrogens (tertiary/aromatic N) is 1. The SMILES string of the molecule is Nc1[nH]c(=O)ncc1[18F]. The first-order valence-electron chi connectivity index (χ1n) is 2.20. The summed E-state index contributed by atoms with van der Waals surface area (Å²) in [6.45, 7) is 0. The lowest BCUT2D eigenvalue weighted by atomic mass is 10.6. The van der Waals surface area contributed by atoms with E-state index < -0.39 is 11.5 Å². The Kier molecular flexibility index (Phi) is 1.18. The molecule has 0 atom stereocenters. The van der Waals surface area contributed by atoms with E-state index in [4.69, 9.17) is 5.73 Å². The van der Waals surface area contributed by atoms with E-state index in [1.807, 2.05) is 4.98 Å². The summed E-state index contributed by atoms with van der Waals surface area (Å²) in [7, 11) is 0. The Labute approximate surface area is 49.5 Å². The number of H-pyrrole nitrogens is 1. The zero-order chi connectivity index (χ0) is 6.85. The van der Waals surface area contributed by atoms with Gasteiger partial charge in [-0.15, -0.1) is 0 Å². The number of halogens is 1. The number of anilines is 1. The number of nitrogen functional groups attached to an aromatic ring is 1. The molecule has 1 aromatic heterocycles. The van der Waals surface area contributed by atoms with Crippen LogP contribution >= 0.6 is 0 Å². The van der Waals surface area contributed by atoms with Gasteiger partial charge in [0.2, 0.25) is 0 Å². The first kappa shape index (κ1) is 5.74. The minimum absolute atomic E-state index is 0.282. The van der Waals surface area contributed by atoms with Crippen LogP contribution in [0.2, 0.25) is 0 Å². The molecule has 0 bridgehead atoms. The van der Waals surface area contributed by atoms with Crippen molar-refractivity contribution in [3.8, 4) is 0 Å². The van der Waals surface area contributed by atoms with Crippen LogP contribution < -0.4 is 11.4 Å². The van der Waals surface area contributed by atoms with Crippen LogP contribution in [0.4, 0.5) is 10.2 Å². The van der Waals surface area contributed by atoms with Crippen LogP contribution in [0, 0.1) is 5.82 Å². The predicted octanol–water partition coefficient (Wildman–Crippen LogP) is -0.509. The maximum atomic E-state index is 12.1. The molecule has 48 valence electrons. The molecule has 3 N–H and O–H groups in total. The van der Waals surface area contributed by atoms with Crippen molar-refractivity contribution in [1.29, 1.82) is 0 Å². The highest BCUT2D eigenvalue weighted by Gasteiger charge is 1.95. The van der Waals surface area contributed by atoms with Crippen molar-refractivity contribution in [3.63, 3.8) is 0 Å². The van der Waals surface area contributed by atoms with E-state index in [-0.39, 0.29) is 5.82 Å². The van der Waals surface area contributed by atoms with Gasteiger partial charge in [0, 0.05) is 0 Å². The van der Waals surface area contributed by atoms with Crippen molar-refractivity contribution in [2.24, 2.45) is 0 Å². The van der Waals surface area contributed by atoms with Gasteiger partial charge in [0.15, 0.2) is 5.82 Å². The third-order valence-electron chi connectivity index (χ3n) is 0.794. The molecule has 1 rings (SSSR count). The van der Waals surface area contributed by atoms with E-state index in [2.05, 4.69) is 4.98 Å². The maximum absolute atomic E-state index is 12.1. The Morgan fingerprint density at radius 3 is 2.89 bits per heavy atom. The highest BCUT2D eigenvalue weighted by atomic mass is 18.2. The molecule has 1 heterocycles. The lowest BCUT2D eigenvalue weighted by molar-refractivity contribution is 0.617. The average molecular weight is 128 g/mol. The van der Waals surface area contributed by atoms with E-state index in [0.29, 0.717) is 0 Å². The Morgan fingerprint density at radius 2 is 2.44 bits per heavy atom. The zero-order valence-electron chi connectivity index (χ0n) is 4.39. The number of hydrogen-bond acceptors (Lipinski definition) is 3. The quantitative estimate of drug-likeness (QED) is 0.494. The lowest BCUT2D eigenvalue weighted by Crippen LogP contribution is -2.12. The summed E-state index contributed by atoms with van der Waals surface area (Å²) in [5.74, 6) is -0.996. The van der Waals surface area contributed by atoms with Gasteiger partial charge in [-0.1, -0.05) is 0 Å². The predicted molar refractivity (Wildman–Crippen MR) is 29.2 cm³/mol. The number of nitrogens with one attached hydrogen (secondary N) is 1. The van der Waals surface area contributed by atoms with Gasteiger partial charge in [0.05, 0.1) is 6.20 Å². The van der Waals surface area contributed by atoms with Crippen LogP contribution in [-0.2, 0) is 0 Å². The number of nitrogens with two attached hydrogens (primary N) is 1. The summed E-state index contributed by atoms with van der Waals surface area (Å²) in [4.78, 5) is 15.3. The van der Waals surface area contributed by atoms with Crippen molar-refractivity contribution in [3.05, 3.63) is 22.5 Å². The van der Waals surface area contributed by atoms with Crippen molar-refractivity contribution in [2.45, 2.75) is 0 Å².